The van der Waals surface area contributed by atoms with Crippen LogP contribution in [0.5, 0.6) is 0 Å². The van der Waals surface area contributed by atoms with Crippen molar-refractivity contribution in [3.8, 4) is 0 Å². The molecule has 18 heavy (non-hydrogen) atoms. The summed E-state index contributed by atoms with van der Waals surface area (Å²) in [6, 6.07) is 3.93. The number of amides is 1. The van der Waals surface area contributed by atoms with Crippen LogP contribution < -0.4 is 16.0 Å². The SMILES string of the molecule is CNC(=O)C1(C)CCN(c2cccnc2CN)C1. The minimum Gasteiger partial charge on any atom is -0.369 e. The molecule has 1 aromatic heterocycles. The van der Waals surface area contributed by atoms with E-state index in [-0.39, 0.29) is 11.3 Å². The average Bonchev–Trinajstić information content (AvgIpc) is 2.81. The van der Waals surface area contributed by atoms with Crippen molar-refractivity contribution in [3.63, 3.8) is 0 Å². The highest BCUT2D eigenvalue weighted by Crippen LogP contribution is 2.34. The Labute approximate surface area is 107 Å². The van der Waals surface area contributed by atoms with Gasteiger partial charge >= 0.3 is 0 Å². The fraction of sp³-hybridized carbons (Fsp3) is 0.538. The number of carbonyl (C=O) groups is 1. The van der Waals surface area contributed by atoms with Crippen LogP contribution in [0.15, 0.2) is 18.3 Å². The second-order valence-corrected chi connectivity index (χ2v) is 4.98. The van der Waals surface area contributed by atoms with Crippen LogP contribution in [0.3, 0.4) is 0 Å². The van der Waals surface area contributed by atoms with Crippen molar-refractivity contribution >= 4 is 11.6 Å². The minimum atomic E-state index is -0.323. The fourth-order valence-corrected chi connectivity index (χ4v) is 2.53. The zero-order valence-corrected chi connectivity index (χ0v) is 10.9. The molecule has 1 amide bonds. The molecule has 1 aromatic rings. The van der Waals surface area contributed by atoms with Crippen LogP contribution in [0.1, 0.15) is 19.0 Å². The lowest BCUT2D eigenvalue weighted by atomic mass is 9.89. The Morgan fingerprint density at radius 1 is 1.67 bits per heavy atom. The quantitative estimate of drug-likeness (QED) is 0.817. The standard InChI is InChI=1S/C13H20N4O/c1-13(12(18)15-2)5-7-17(9-13)11-4-3-6-16-10(11)8-14/h3-4,6H,5,7-9,14H2,1-2H3,(H,15,18). The molecule has 0 aliphatic carbocycles. The Kier molecular flexibility index (Phi) is 3.52. The van der Waals surface area contributed by atoms with Crippen molar-refractivity contribution in [2.45, 2.75) is 19.9 Å². The molecule has 5 heteroatoms. The average molecular weight is 248 g/mol. The summed E-state index contributed by atoms with van der Waals surface area (Å²) < 4.78 is 0. The van der Waals surface area contributed by atoms with E-state index in [0.717, 1.165) is 24.3 Å². The Balaban J connectivity index is 2.20. The highest BCUT2D eigenvalue weighted by Gasteiger charge is 2.40. The number of hydrogen-bond acceptors (Lipinski definition) is 4. The third kappa shape index (κ3) is 2.18. The molecule has 1 fully saturated rings. The molecule has 1 atom stereocenters. The summed E-state index contributed by atoms with van der Waals surface area (Å²) in [7, 11) is 1.69. The van der Waals surface area contributed by atoms with Gasteiger partial charge in [-0.25, -0.2) is 0 Å². The lowest BCUT2D eigenvalue weighted by molar-refractivity contribution is -0.128. The van der Waals surface area contributed by atoms with Crippen molar-refractivity contribution < 1.29 is 4.79 Å². The third-order valence-electron chi connectivity index (χ3n) is 3.65. The van der Waals surface area contributed by atoms with E-state index < -0.39 is 0 Å². The number of carbonyl (C=O) groups excluding carboxylic acids is 1. The third-order valence-corrected chi connectivity index (χ3v) is 3.65. The molecule has 0 radical (unpaired) electrons. The molecule has 98 valence electrons. The smallest absolute Gasteiger partial charge is 0.227 e. The molecule has 0 aromatic carbocycles. The fourth-order valence-electron chi connectivity index (χ4n) is 2.53. The maximum absolute atomic E-state index is 11.9. The van der Waals surface area contributed by atoms with Gasteiger partial charge in [0.2, 0.25) is 5.91 Å². The first-order chi connectivity index (χ1) is 8.60. The first kappa shape index (κ1) is 12.8. The molecule has 2 heterocycles. The van der Waals surface area contributed by atoms with Gasteiger partial charge in [-0.1, -0.05) is 0 Å². The van der Waals surface area contributed by atoms with Crippen LogP contribution in [-0.2, 0) is 11.3 Å². The number of pyridine rings is 1. The summed E-state index contributed by atoms with van der Waals surface area (Å²) in [6.45, 7) is 4.00. The summed E-state index contributed by atoms with van der Waals surface area (Å²) in [5.74, 6) is 0.100. The van der Waals surface area contributed by atoms with E-state index in [1.807, 2.05) is 19.1 Å². The van der Waals surface area contributed by atoms with Crippen molar-refractivity contribution in [1.82, 2.24) is 10.3 Å². The molecular formula is C13H20N4O. The highest BCUT2D eigenvalue weighted by atomic mass is 16.2. The first-order valence-electron chi connectivity index (χ1n) is 6.22. The molecule has 1 aliphatic rings. The van der Waals surface area contributed by atoms with E-state index in [2.05, 4.69) is 15.2 Å². The molecule has 5 nitrogen and oxygen atoms in total. The Bertz CT molecular complexity index is 448. The molecule has 1 aliphatic heterocycles. The van der Waals surface area contributed by atoms with Crippen molar-refractivity contribution in [1.29, 1.82) is 0 Å². The lowest BCUT2D eigenvalue weighted by Gasteiger charge is -2.24. The minimum absolute atomic E-state index is 0.100. The number of aromatic nitrogens is 1. The van der Waals surface area contributed by atoms with Gasteiger partial charge < -0.3 is 16.0 Å². The van der Waals surface area contributed by atoms with Crippen LogP contribution in [0.4, 0.5) is 5.69 Å². The maximum atomic E-state index is 11.9. The van der Waals surface area contributed by atoms with Gasteiger partial charge in [0.1, 0.15) is 0 Å². The molecule has 1 saturated heterocycles. The normalized spacial score (nSPS) is 23.2. The van der Waals surface area contributed by atoms with E-state index in [1.165, 1.54) is 0 Å². The largest absolute Gasteiger partial charge is 0.369 e. The molecule has 2 rings (SSSR count). The summed E-state index contributed by atoms with van der Waals surface area (Å²) in [4.78, 5) is 18.4. The van der Waals surface area contributed by atoms with Crippen LogP contribution >= 0.6 is 0 Å². The van der Waals surface area contributed by atoms with E-state index in [0.29, 0.717) is 13.1 Å². The van der Waals surface area contributed by atoms with E-state index >= 15 is 0 Å². The van der Waals surface area contributed by atoms with Gasteiger partial charge in [0.15, 0.2) is 0 Å². The van der Waals surface area contributed by atoms with Crippen molar-refractivity contribution in [3.05, 3.63) is 24.0 Å². The second-order valence-electron chi connectivity index (χ2n) is 4.98. The number of nitrogens with one attached hydrogen (secondary N) is 1. The first-order valence-corrected chi connectivity index (χ1v) is 6.22. The summed E-state index contributed by atoms with van der Waals surface area (Å²) in [6.07, 6.45) is 2.60. The number of nitrogens with zero attached hydrogens (tertiary/aromatic N) is 2. The van der Waals surface area contributed by atoms with Crippen LogP contribution in [0.25, 0.3) is 0 Å². The van der Waals surface area contributed by atoms with Crippen molar-refractivity contribution in [2.75, 3.05) is 25.0 Å². The zero-order valence-electron chi connectivity index (χ0n) is 10.9. The topological polar surface area (TPSA) is 71.2 Å². The predicted molar refractivity (Wildman–Crippen MR) is 71.1 cm³/mol. The van der Waals surface area contributed by atoms with Gasteiger partial charge in [-0.2, -0.15) is 0 Å². The Morgan fingerprint density at radius 3 is 3.11 bits per heavy atom. The van der Waals surface area contributed by atoms with Crippen molar-refractivity contribution in [2.24, 2.45) is 11.1 Å². The van der Waals surface area contributed by atoms with Gasteiger partial charge in [0, 0.05) is 32.9 Å². The Morgan fingerprint density at radius 2 is 2.44 bits per heavy atom. The predicted octanol–water partition coefficient (Wildman–Crippen LogP) is 0.503. The molecule has 3 N–H and O–H groups in total. The summed E-state index contributed by atoms with van der Waals surface area (Å²) >= 11 is 0. The van der Waals surface area contributed by atoms with E-state index in [9.17, 15) is 4.79 Å². The van der Waals surface area contributed by atoms with Gasteiger partial charge in [-0.15, -0.1) is 0 Å². The molecule has 0 bridgehead atoms. The zero-order chi connectivity index (χ0) is 13.2. The van der Waals surface area contributed by atoms with Gasteiger partial charge in [-0.3, -0.25) is 9.78 Å². The Hall–Kier alpha value is -1.62. The lowest BCUT2D eigenvalue weighted by Crippen LogP contribution is -2.39. The summed E-state index contributed by atoms with van der Waals surface area (Å²) in [5.41, 5.74) is 7.32. The molecule has 1 unspecified atom stereocenters. The van der Waals surface area contributed by atoms with Crippen LogP contribution in [0.2, 0.25) is 0 Å². The van der Waals surface area contributed by atoms with Crippen LogP contribution in [0, 0.1) is 5.41 Å². The van der Waals surface area contributed by atoms with Crippen LogP contribution in [-0.4, -0.2) is 31.0 Å². The number of nitrogens with two attached hydrogens (primary N) is 1. The van der Waals surface area contributed by atoms with E-state index in [1.54, 1.807) is 13.2 Å². The van der Waals surface area contributed by atoms with E-state index in [4.69, 9.17) is 5.73 Å². The molecular weight excluding hydrogens is 228 g/mol. The highest BCUT2D eigenvalue weighted by molar-refractivity contribution is 5.83. The molecule has 0 saturated carbocycles. The van der Waals surface area contributed by atoms with Gasteiger partial charge in [-0.05, 0) is 25.5 Å². The van der Waals surface area contributed by atoms with Gasteiger partial charge in [0.05, 0.1) is 16.8 Å². The second kappa shape index (κ2) is 4.94. The number of anilines is 1. The monoisotopic (exact) mass is 248 g/mol. The number of hydrogen-bond donors (Lipinski definition) is 2. The molecule has 0 spiro atoms. The summed E-state index contributed by atoms with van der Waals surface area (Å²) in [5, 5.41) is 2.74. The number of rotatable bonds is 3. The maximum Gasteiger partial charge on any atom is 0.227 e. The van der Waals surface area contributed by atoms with Gasteiger partial charge in [0.25, 0.3) is 0 Å².